The zero-order valence-electron chi connectivity index (χ0n) is 26.4. The van der Waals surface area contributed by atoms with Crippen LogP contribution in [0.3, 0.4) is 0 Å². The number of carbonyl (C=O) groups is 2. The van der Waals surface area contributed by atoms with Crippen molar-refractivity contribution < 1.29 is 23.1 Å². The number of halogens is 1. The van der Waals surface area contributed by atoms with Crippen molar-refractivity contribution in [3.63, 3.8) is 0 Å². The second-order valence-electron chi connectivity index (χ2n) is 13.1. The lowest BCUT2D eigenvalue weighted by Crippen LogP contribution is -2.49. The summed E-state index contributed by atoms with van der Waals surface area (Å²) < 4.78 is 29.8. The summed E-state index contributed by atoms with van der Waals surface area (Å²) >= 11 is 0. The van der Waals surface area contributed by atoms with Crippen LogP contribution in [0.2, 0.25) is 0 Å². The first-order valence-corrected chi connectivity index (χ1v) is 17.2. The summed E-state index contributed by atoms with van der Waals surface area (Å²) in [5.41, 5.74) is 7.89. The minimum absolute atomic E-state index is 0. The van der Waals surface area contributed by atoms with E-state index in [2.05, 4.69) is 27.4 Å². The van der Waals surface area contributed by atoms with Gasteiger partial charge in [-0.25, -0.2) is 13.2 Å². The van der Waals surface area contributed by atoms with Gasteiger partial charge in [-0.1, -0.05) is 18.2 Å². The van der Waals surface area contributed by atoms with Crippen LogP contribution >= 0.6 is 12.4 Å². The Hall–Kier alpha value is -3.07. The van der Waals surface area contributed by atoms with Gasteiger partial charge in [-0.2, -0.15) is 9.40 Å². The molecular formula is C32H44ClN7O5S. The average molecular weight is 674 g/mol. The number of β-amino-alcohol motifs (C(OH)–C–C–N with tert-alkyl or cyclic N) is 1. The number of aromatic nitrogens is 2. The van der Waals surface area contributed by atoms with Crippen molar-refractivity contribution in [2.45, 2.75) is 67.9 Å². The maximum Gasteiger partial charge on any atom is 0.329 e. The quantitative estimate of drug-likeness (QED) is 0.330. The number of benzene rings is 2. The Bertz CT molecular complexity index is 1700. The summed E-state index contributed by atoms with van der Waals surface area (Å²) in [6.45, 7) is 5.15. The first-order valence-electron chi connectivity index (χ1n) is 15.8. The third-order valence-corrected chi connectivity index (χ3v) is 11.3. The normalized spacial score (nSPS) is 20.8. The van der Waals surface area contributed by atoms with Crippen LogP contribution in [-0.4, -0.2) is 95.4 Å². The fourth-order valence-electron chi connectivity index (χ4n) is 6.96. The molecule has 0 saturated carbocycles. The number of anilines is 1. The van der Waals surface area contributed by atoms with E-state index in [1.807, 2.05) is 26.1 Å². The van der Waals surface area contributed by atoms with Crippen LogP contribution in [-0.2, 0) is 28.3 Å². The number of urea groups is 1. The predicted molar refractivity (Wildman–Crippen MR) is 179 cm³/mol. The van der Waals surface area contributed by atoms with Gasteiger partial charge in [0.05, 0.1) is 16.0 Å². The summed E-state index contributed by atoms with van der Waals surface area (Å²) in [4.78, 5) is 28.1. The molecule has 1 unspecified atom stereocenters. The largest absolute Gasteiger partial charge is 0.388 e. The lowest BCUT2D eigenvalue weighted by atomic mass is 9.88. The molecule has 0 aliphatic carbocycles. The molecule has 3 amide bonds. The number of nitrogens with two attached hydrogens (primary N) is 1. The molecule has 12 nitrogen and oxygen atoms in total. The molecule has 1 atom stereocenters. The maximum absolute atomic E-state index is 13.2. The highest BCUT2D eigenvalue weighted by Crippen LogP contribution is 2.34. The number of sulfonamides is 1. The number of amides is 3. The van der Waals surface area contributed by atoms with Crippen LogP contribution in [0.15, 0.2) is 47.4 Å². The maximum atomic E-state index is 13.2. The van der Waals surface area contributed by atoms with Crippen LogP contribution in [0, 0.1) is 0 Å². The fraction of sp³-hybridized carbons (Fsp3) is 0.531. The average Bonchev–Trinajstić information content (AvgIpc) is 3.32. The minimum atomic E-state index is -3.60. The van der Waals surface area contributed by atoms with Crippen LogP contribution in [0.25, 0.3) is 10.9 Å². The Labute approximate surface area is 276 Å². The van der Waals surface area contributed by atoms with Crippen molar-refractivity contribution in [3.05, 3.63) is 53.6 Å². The molecule has 4 N–H and O–H groups in total. The molecule has 14 heteroatoms. The summed E-state index contributed by atoms with van der Waals surface area (Å²) in [6, 6.07) is 12.8. The van der Waals surface area contributed by atoms with Gasteiger partial charge in [0.2, 0.25) is 15.9 Å². The van der Waals surface area contributed by atoms with Gasteiger partial charge in [-0.3, -0.25) is 19.7 Å². The Morgan fingerprint density at radius 1 is 1.02 bits per heavy atom. The molecule has 2 aromatic carbocycles. The SMILES string of the molecule is Cl.Cn1nc(N2CCC(=O)NC2=O)c2ccc(C3CCN(CC(C)(O)Cc4cccc(S(=O)(=O)N5CCC(N)CC5)c4)CC3)cc21. The van der Waals surface area contributed by atoms with E-state index in [-0.39, 0.29) is 35.7 Å². The summed E-state index contributed by atoms with van der Waals surface area (Å²) in [5.74, 6) is 0.641. The first-order chi connectivity index (χ1) is 21.4. The molecule has 3 aliphatic heterocycles. The molecule has 250 valence electrons. The summed E-state index contributed by atoms with van der Waals surface area (Å²) in [7, 11) is -1.74. The Morgan fingerprint density at radius 3 is 2.43 bits per heavy atom. The standard InChI is InChI=1S/C32H43N7O5S.ClH/c1-32(42,20-22-4-3-5-26(18-22)45(43,44)38-15-10-25(33)11-16-38)21-37-13-8-23(9-14-37)24-6-7-27-28(19-24)36(2)35-30(27)39-17-12-29(40)34-31(39)41;/h3-7,18-19,23,25,42H,8-17,20-21,33H2,1-2H3,(H,34,40,41);1H. The first kappa shape index (κ1) is 34.3. The van der Waals surface area contributed by atoms with Crippen molar-refractivity contribution in [1.29, 1.82) is 0 Å². The Morgan fingerprint density at radius 2 is 1.74 bits per heavy atom. The number of hydrogen-bond donors (Lipinski definition) is 3. The number of nitrogens with zero attached hydrogens (tertiary/aromatic N) is 5. The van der Waals surface area contributed by atoms with Gasteiger partial charge in [0.15, 0.2) is 5.82 Å². The Kier molecular flexibility index (Phi) is 10.1. The molecule has 46 heavy (non-hydrogen) atoms. The van der Waals surface area contributed by atoms with Gasteiger partial charge < -0.3 is 15.7 Å². The molecule has 0 radical (unpaired) electrons. The number of likely N-dealkylation sites (tertiary alicyclic amines) is 1. The second-order valence-corrected chi connectivity index (χ2v) is 15.0. The highest BCUT2D eigenvalue weighted by Gasteiger charge is 2.32. The van der Waals surface area contributed by atoms with E-state index in [9.17, 15) is 23.1 Å². The van der Waals surface area contributed by atoms with Gasteiger partial charge in [0, 0.05) is 57.5 Å². The fourth-order valence-corrected chi connectivity index (χ4v) is 8.50. The molecule has 3 fully saturated rings. The smallest absolute Gasteiger partial charge is 0.329 e. The molecule has 1 aromatic heterocycles. The number of hydrogen-bond acceptors (Lipinski definition) is 8. The monoisotopic (exact) mass is 673 g/mol. The lowest BCUT2D eigenvalue weighted by Gasteiger charge is -2.37. The van der Waals surface area contributed by atoms with E-state index < -0.39 is 21.7 Å². The zero-order chi connectivity index (χ0) is 31.9. The minimum Gasteiger partial charge on any atom is -0.388 e. The molecule has 0 spiro atoms. The second kappa shape index (κ2) is 13.6. The van der Waals surface area contributed by atoms with Gasteiger partial charge in [0.25, 0.3) is 0 Å². The third-order valence-electron chi connectivity index (χ3n) is 9.41. The number of aliphatic hydroxyl groups is 1. The Balaban J connectivity index is 0.00000417. The van der Waals surface area contributed by atoms with Gasteiger partial charge in [-0.05, 0) is 87.0 Å². The van der Waals surface area contributed by atoms with Gasteiger partial charge in [-0.15, -0.1) is 12.4 Å². The van der Waals surface area contributed by atoms with E-state index >= 15 is 0 Å². The van der Waals surface area contributed by atoms with E-state index in [0.717, 1.165) is 42.4 Å². The van der Waals surface area contributed by atoms with Crippen molar-refractivity contribution >= 4 is 51.1 Å². The summed E-state index contributed by atoms with van der Waals surface area (Å²) in [5, 5.41) is 19.2. The molecule has 3 aromatic rings. The summed E-state index contributed by atoms with van der Waals surface area (Å²) in [6.07, 6.45) is 3.80. The topological polar surface area (TPSA) is 154 Å². The van der Waals surface area contributed by atoms with Crippen LogP contribution < -0.4 is 16.0 Å². The number of rotatable bonds is 8. The molecule has 4 heterocycles. The van der Waals surface area contributed by atoms with E-state index in [1.54, 1.807) is 22.9 Å². The van der Waals surface area contributed by atoms with Gasteiger partial charge >= 0.3 is 6.03 Å². The highest BCUT2D eigenvalue weighted by molar-refractivity contribution is 7.89. The number of piperidine rings is 2. The molecular weight excluding hydrogens is 630 g/mol. The van der Waals surface area contributed by atoms with Crippen molar-refractivity contribution in [1.82, 2.24) is 24.3 Å². The molecule has 3 saturated heterocycles. The number of imide groups is 1. The van der Waals surface area contributed by atoms with Crippen LogP contribution in [0.1, 0.15) is 56.1 Å². The van der Waals surface area contributed by atoms with Crippen LogP contribution in [0.5, 0.6) is 0 Å². The number of carbonyl (C=O) groups excluding carboxylic acids is 2. The predicted octanol–water partition coefficient (Wildman–Crippen LogP) is 2.73. The van der Waals surface area contributed by atoms with Crippen molar-refractivity contribution in [2.75, 3.05) is 44.2 Å². The number of nitrogens with one attached hydrogen (secondary N) is 1. The lowest BCUT2D eigenvalue weighted by molar-refractivity contribution is -0.120. The molecule has 3 aliphatic rings. The molecule has 6 rings (SSSR count). The van der Waals surface area contributed by atoms with Crippen molar-refractivity contribution in [3.8, 4) is 0 Å². The van der Waals surface area contributed by atoms with E-state index in [0.29, 0.717) is 57.2 Å². The van der Waals surface area contributed by atoms with Crippen molar-refractivity contribution in [2.24, 2.45) is 12.8 Å². The molecule has 0 bridgehead atoms. The van der Waals surface area contributed by atoms with E-state index in [4.69, 9.17) is 5.73 Å². The zero-order valence-corrected chi connectivity index (χ0v) is 28.0. The third kappa shape index (κ3) is 7.24. The number of aryl methyl sites for hydroxylation is 1. The van der Waals surface area contributed by atoms with Gasteiger partial charge in [0.1, 0.15) is 0 Å². The van der Waals surface area contributed by atoms with E-state index in [1.165, 1.54) is 14.8 Å². The number of fused-ring (bicyclic) bond motifs is 1. The highest BCUT2D eigenvalue weighted by atomic mass is 35.5. The van der Waals surface area contributed by atoms with Crippen LogP contribution in [0.4, 0.5) is 10.6 Å².